The van der Waals surface area contributed by atoms with Crippen molar-refractivity contribution in [2.75, 3.05) is 5.32 Å². The van der Waals surface area contributed by atoms with E-state index in [4.69, 9.17) is 4.42 Å². The van der Waals surface area contributed by atoms with Crippen LogP contribution in [-0.2, 0) is 16.9 Å². The van der Waals surface area contributed by atoms with Crippen molar-refractivity contribution in [2.45, 2.75) is 19.0 Å². The molecule has 0 bridgehead atoms. The number of carbonyl (C=O) groups is 3. The number of hydrogen-bond donors (Lipinski definition) is 2. The monoisotopic (exact) mass is 389 g/mol. The summed E-state index contributed by atoms with van der Waals surface area (Å²) in [5.41, 5.74) is 0.692. The molecule has 0 spiro atoms. The molecule has 1 fully saturated rings. The molecule has 29 heavy (non-hydrogen) atoms. The number of urea groups is 1. The fraction of sp³-hybridized carbons (Fsp3) is 0.136. The number of carbonyl (C=O) groups excluding carboxylic acids is 3. The van der Waals surface area contributed by atoms with E-state index in [9.17, 15) is 14.4 Å². The van der Waals surface area contributed by atoms with Crippen molar-refractivity contribution in [3.8, 4) is 0 Å². The maximum atomic E-state index is 12.8. The summed E-state index contributed by atoms with van der Waals surface area (Å²) in [5, 5.41) is 5.50. The highest BCUT2D eigenvalue weighted by atomic mass is 16.3. The van der Waals surface area contributed by atoms with Gasteiger partial charge in [-0.3, -0.25) is 14.5 Å². The lowest BCUT2D eigenvalue weighted by Gasteiger charge is -2.19. The lowest BCUT2D eigenvalue weighted by atomic mass is 9.99. The Labute approximate surface area is 167 Å². The first-order chi connectivity index (χ1) is 14.0. The molecule has 0 saturated carbocycles. The second-order valence-electron chi connectivity index (χ2n) is 6.94. The predicted molar refractivity (Wildman–Crippen MR) is 106 cm³/mol. The summed E-state index contributed by atoms with van der Waals surface area (Å²) < 4.78 is 5.32. The van der Waals surface area contributed by atoms with Gasteiger partial charge in [-0.15, -0.1) is 0 Å². The third kappa shape index (κ3) is 3.50. The summed E-state index contributed by atoms with van der Waals surface area (Å²) in [4.78, 5) is 38.7. The Hall–Kier alpha value is -3.87. The number of anilines is 1. The number of nitrogens with one attached hydrogen (secondary N) is 2. The standard InChI is InChI=1S/C22H19N3O4/c1-22(18-8-5-13-29-18)20(27)25(21(28)24-22)14-15-9-11-16(12-10-15)19(26)23-17-6-3-2-4-7-17/h2-13H,14H2,1H3,(H,23,26)(H,24,28). The van der Waals surface area contributed by atoms with E-state index in [0.29, 0.717) is 17.0 Å². The first-order valence-corrected chi connectivity index (χ1v) is 9.11. The Morgan fingerprint density at radius 2 is 1.76 bits per heavy atom. The van der Waals surface area contributed by atoms with Crippen molar-refractivity contribution < 1.29 is 18.8 Å². The lowest BCUT2D eigenvalue weighted by molar-refractivity contribution is -0.132. The molecule has 1 atom stereocenters. The van der Waals surface area contributed by atoms with Crippen molar-refractivity contribution in [1.82, 2.24) is 10.2 Å². The predicted octanol–water partition coefficient (Wildman–Crippen LogP) is 3.50. The van der Waals surface area contributed by atoms with Crippen molar-refractivity contribution in [2.24, 2.45) is 0 Å². The number of imide groups is 1. The molecule has 1 aromatic heterocycles. The average molecular weight is 389 g/mol. The molecule has 1 aliphatic rings. The van der Waals surface area contributed by atoms with Crippen molar-refractivity contribution in [3.63, 3.8) is 0 Å². The van der Waals surface area contributed by atoms with Crippen LogP contribution in [0.1, 0.15) is 28.6 Å². The maximum Gasteiger partial charge on any atom is 0.325 e. The number of nitrogens with zero attached hydrogens (tertiary/aromatic N) is 1. The quantitative estimate of drug-likeness (QED) is 0.654. The Kier molecular flexibility index (Phi) is 4.64. The van der Waals surface area contributed by atoms with Crippen LogP contribution in [0.5, 0.6) is 0 Å². The van der Waals surface area contributed by atoms with Crippen molar-refractivity contribution in [1.29, 1.82) is 0 Å². The minimum absolute atomic E-state index is 0.0988. The van der Waals surface area contributed by atoms with Crippen LogP contribution in [0.15, 0.2) is 77.4 Å². The molecule has 2 heterocycles. The zero-order valence-corrected chi connectivity index (χ0v) is 15.7. The minimum Gasteiger partial charge on any atom is -0.466 e. The third-order valence-electron chi connectivity index (χ3n) is 4.88. The van der Waals surface area contributed by atoms with Gasteiger partial charge in [0.15, 0.2) is 5.54 Å². The number of rotatable bonds is 5. The fourth-order valence-corrected chi connectivity index (χ4v) is 3.24. The molecule has 3 aromatic rings. The maximum absolute atomic E-state index is 12.8. The minimum atomic E-state index is -1.23. The zero-order valence-electron chi connectivity index (χ0n) is 15.7. The molecule has 0 aliphatic carbocycles. The molecule has 0 radical (unpaired) electrons. The van der Waals surface area contributed by atoms with Gasteiger partial charge in [-0.25, -0.2) is 4.79 Å². The van der Waals surface area contributed by atoms with Gasteiger partial charge in [0.1, 0.15) is 5.76 Å². The molecular weight excluding hydrogens is 370 g/mol. The van der Waals surface area contributed by atoms with E-state index < -0.39 is 11.6 Å². The Morgan fingerprint density at radius 1 is 1.03 bits per heavy atom. The molecule has 7 nitrogen and oxygen atoms in total. The van der Waals surface area contributed by atoms with E-state index in [1.807, 2.05) is 18.2 Å². The SMILES string of the molecule is CC1(c2ccco2)NC(=O)N(Cc2ccc(C(=O)Nc3ccccc3)cc2)C1=O. The van der Waals surface area contributed by atoms with Gasteiger partial charge >= 0.3 is 6.03 Å². The summed E-state index contributed by atoms with van der Waals surface area (Å²) in [5.74, 6) is -0.238. The smallest absolute Gasteiger partial charge is 0.325 e. The normalized spacial score (nSPS) is 18.6. The second-order valence-corrected chi connectivity index (χ2v) is 6.94. The molecular formula is C22H19N3O4. The van der Waals surface area contributed by atoms with Crippen LogP contribution in [0.3, 0.4) is 0 Å². The van der Waals surface area contributed by atoms with E-state index in [2.05, 4.69) is 10.6 Å². The van der Waals surface area contributed by atoms with E-state index in [1.54, 1.807) is 55.5 Å². The van der Waals surface area contributed by atoms with Crippen LogP contribution in [0.25, 0.3) is 0 Å². The number of para-hydroxylation sites is 1. The van der Waals surface area contributed by atoms with Crippen molar-refractivity contribution >= 4 is 23.5 Å². The molecule has 2 N–H and O–H groups in total. The van der Waals surface area contributed by atoms with Crippen LogP contribution in [0.4, 0.5) is 10.5 Å². The number of furan rings is 1. The number of benzene rings is 2. The molecule has 7 heteroatoms. The molecule has 1 unspecified atom stereocenters. The topological polar surface area (TPSA) is 91.7 Å². The Bertz CT molecular complexity index is 1050. The highest BCUT2D eigenvalue weighted by molar-refractivity contribution is 6.07. The largest absolute Gasteiger partial charge is 0.466 e. The van der Waals surface area contributed by atoms with Crippen LogP contribution < -0.4 is 10.6 Å². The molecule has 1 saturated heterocycles. The van der Waals surface area contributed by atoms with Gasteiger partial charge in [0.2, 0.25) is 0 Å². The van der Waals surface area contributed by atoms with Gasteiger partial charge in [0, 0.05) is 11.3 Å². The van der Waals surface area contributed by atoms with Crippen LogP contribution in [0.2, 0.25) is 0 Å². The number of amides is 4. The molecule has 4 amide bonds. The van der Waals surface area contributed by atoms with E-state index >= 15 is 0 Å². The van der Waals surface area contributed by atoms with Gasteiger partial charge in [-0.05, 0) is 48.9 Å². The average Bonchev–Trinajstić information content (AvgIpc) is 3.34. The Morgan fingerprint density at radius 3 is 2.41 bits per heavy atom. The summed E-state index contributed by atoms with van der Waals surface area (Å²) in [6.45, 7) is 1.71. The third-order valence-corrected chi connectivity index (χ3v) is 4.88. The number of hydrogen-bond acceptors (Lipinski definition) is 4. The van der Waals surface area contributed by atoms with Gasteiger partial charge in [-0.1, -0.05) is 30.3 Å². The highest BCUT2D eigenvalue weighted by Gasteiger charge is 2.50. The molecule has 1 aliphatic heterocycles. The summed E-state index contributed by atoms with van der Waals surface area (Å²) in [6, 6.07) is 18.8. The first kappa shape index (κ1) is 18.5. The zero-order chi connectivity index (χ0) is 20.4. The summed E-state index contributed by atoms with van der Waals surface area (Å²) >= 11 is 0. The van der Waals surface area contributed by atoms with Gasteiger partial charge in [0.25, 0.3) is 11.8 Å². The Balaban J connectivity index is 1.46. The molecule has 4 rings (SSSR count). The van der Waals surface area contributed by atoms with E-state index in [-0.39, 0.29) is 18.4 Å². The fourth-order valence-electron chi connectivity index (χ4n) is 3.24. The molecule has 146 valence electrons. The van der Waals surface area contributed by atoms with Crippen LogP contribution >= 0.6 is 0 Å². The van der Waals surface area contributed by atoms with Gasteiger partial charge in [-0.2, -0.15) is 0 Å². The summed E-state index contributed by atoms with van der Waals surface area (Å²) in [7, 11) is 0. The second kappa shape index (κ2) is 7.27. The van der Waals surface area contributed by atoms with Gasteiger partial charge in [0.05, 0.1) is 12.8 Å². The van der Waals surface area contributed by atoms with E-state index in [1.165, 1.54) is 6.26 Å². The molecule has 2 aromatic carbocycles. The highest BCUT2D eigenvalue weighted by Crippen LogP contribution is 2.30. The van der Waals surface area contributed by atoms with Gasteiger partial charge < -0.3 is 15.1 Å². The van der Waals surface area contributed by atoms with Crippen LogP contribution in [-0.4, -0.2) is 22.7 Å². The first-order valence-electron chi connectivity index (χ1n) is 9.11. The van der Waals surface area contributed by atoms with E-state index in [0.717, 1.165) is 10.5 Å². The van der Waals surface area contributed by atoms with Crippen LogP contribution in [0, 0.1) is 0 Å². The summed E-state index contributed by atoms with van der Waals surface area (Å²) in [6.07, 6.45) is 1.46. The van der Waals surface area contributed by atoms with Crippen molar-refractivity contribution in [3.05, 3.63) is 89.9 Å². The lowest BCUT2D eigenvalue weighted by Crippen LogP contribution is -2.40.